The van der Waals surface area contributed by atoms with Gasteiger partial charge in [-0.1, -0.05) is 199 Å². The van der Waals surface area contributed by atoms with Crippen molar-refractivity contribution < 1.29 is 95.0 Å². The Morgan fingerprint density at radius 2 is 0.700 bits per heavy atom. The monoisotopic (exact) mass is 1960 g/mol. The summed E-state index contributed by atoms with van der Waals surface area (Å²) in [6.07, 6.45) is 18.9. The number of Topliss-reactive ketones (excluding diaryl/α,β-unsaturated/α-hetero) is 4. The molecule has 17 fully saturated rings. The van der Waals surface area contributed by atoms with Crippen molar-refractivity contribution in [2.24, 2.45) is 238 Å². The molecule has 19 nitrogen and oxygen atoms in total. The van der Waals surface area contributed by atoms with E-state index in [4.69, 9.17) is 9.47 Å². The van der Waals surface area contributed by atoms with Crippen molar-refractivity contribution in [1.29, 1.82) is 0 Å². The SMILES string of the molecule is C=C([C@@H](O[C@@H]1O[C@H](CO)[C@@H](O)[C@H](O)[C@H]1O)[C@H](O)[C@@H](C)[C@H]1CCC2C3CC(=O)C4C[C@H](O)[C@H](O)C[C@]4(C)C3CC[C@@]21C)C(C)(C)C.CC(C)[C@H](C)[C@@H](O)[C@H](O)[C@@H](C)[C@H]1CCC2C3CC(=O)C4C[C@@H](C)CC[C@]4(C)C3CC[C@@]21C.CC(C)[C@H](C)[C@@H](O)[C@H](O)[C@@H](C)[C@H]1CCC2C3CC(=O)C4C[C@@H](C)CC[C@]4(C)C3CC[C@@]21C.CC(C)[C@H](C)[C@@H](O)[C@H](O)[C@@H](C)[C@H]1CCC2C3CCC4CC(=O)CC[C@]4(C)C3CC[C@@]21C. The first-order valence-corrected chi connectivity index (χ1v) is 58.1. The third kappa shape index (κ3) is 20.2. The Bertz CT molecular complexity index is 4100. The number of fused-ring (bicyclic) bond motifs is 20. The van der Waals surface area contributed by atoms with Gasteiger partial charge in [0.15, 0.2) is 6.29 Å². The second-order valence-electron chi connectivity index (χ2n) is 57.2. The fourth-order valence-electron chi connectivity index (χ4n) is 38.6. The zero-order valence-electron chi connectivity index (χ0n) is 92.4. The highest BCUT2D eigenvalue weighted by atomic mass is 16.7. The van der Waals surface area contributed by atoms with Crippen molar-refractivity contribution in [3.05, 3.63) is 12.2 Å². The van der Waals surface area contributed by atoms with Crippen molar-refractivity contribution >= 4 is 23.1 Å². The lowest BCUT2D eigenvalue weighted by molar-refractivity contribution is -0.316. The van der Waals surface area contributed by atoms with E-state index in [2.05, 4.69) is 159 Å². The molecule has 0 aromatic rings. The Kier molecular flexibility index (Phi) is 34.7. The van der Waals surface area contributed by atoms with E-state index in [9.17, 15) is 85.6 Å². The molecular weight excluding hydrogens is 1760 g/mol. The van der Waals surface area contributed by atoms with Gasteiger partial charge in [-0.15, -0.1) is 0 Å². The second kappa shape index (κ2) is 42.8. The van der Waals surface area contributed by atoms with E-state index in [0.29, 0.717) is 154 Å². The quantitative estimate of drug-likeness (QED) is 0.0448. The molecule has 0 amide bonds. The van der Waals surface area contributed by atoms with Gasteiger partial charge in [-0.25, -0.2) is 0 Å². The normalized spacial score (nSPS) is 47.9. The second-order valence-corrected chi connectivity index (χ2v) is 57.2. The Labute approximate surface area is 847 Å². The highest BCUT2D eigenvalue weighted by molar-refractivity contribution is 5.85. The first-order chi connectivity index (χ1) is 65.2. The van der Waals surface area contributed by atoms with Crippen LogP contribution in [0, 0.1) is 238 Å². The van der Waals surface area contributed by atoms with Gasteiger partial charge in [-0.05, 0) is 386 Å². The summed E-state index contributed by atoms with van der Waals surface area (Å²) in [5, 5.41) is 140. The molecule has 804 valence electrons. The maximum Gasteiger partial charge on any atom is 0.187 e. The molecule has 16 saturated carbocycles. The summed E-state index contributed by atoms with van der Waals surface area (Å²) in [4.78, 5) is 52.5. The lowest BCUT2D eigenvalue weighted by Crippen LogP contribution is -2.61. The average molecular weight is 1960 g/mol. The Morgan fingerprint density at radius 3 is 1.06 bits per heavy atom. The van der Waals surface area contributed by atoms with Gasteiger partial charge >= 0.3 is 0 Å². The number of aliphatic hydroxyl groups excluding tert-OH is 13. The van der Waals surface area contributed by atoms with Crippen LogP contribution >= 0.6 is 0 Å². The minimum atomic E-state index is -1.60. The summed E-state index contributed by atoms with van der Waals surface area (Å²) in [6.45, 7) is 61.1. The third-order valence-corrected chi connectivity index (χ3v) is 49.0. The van der Waals surface area contributed by atoms with E-state index in [1.807, 2.05) is 27.7 Å². The smallest absolute Gasteiger partial charge is 0.187 e. The molecule has 13 N–H and O–H groups in total. The first kappa shape index (κ1) is 113. The van der Waals surface area contributed by atoms with E-state index < -0.39 is 104 Å². The lowest BCUT2D eigenvalue weighted by atomic mass is 9.43. The standard InChI is InChI=1S/C35H58O10.2C29H50O3.C28H48O3/c1-16(27(40)31(17(2)33(3,4)5)45-32-30(43)29(42)28(41)26(15-36)44-32)19-8-9-20-18-12-23(37)22-13-24(38)25(39)14-35(22,7)21(18)10-11-34(19,20)6;2*1-16(2)18(4)26(31)27(32)19(5)21-8-9-22-20-15-25(30)24-14-17(3)10-12-29(24,7)23(20)11-13-28(21,22)6;1-16(2)17(3)25(30)26(31)18(4)22-9-10-23-21-8-7-19-15-20(29)11-13-27(19,5)24(21)12-14-28(22,23)6/h16,18-22,24-32,36,38-43H,2,8-15H2,1,3-7H3;2*16-24,26-27,31-32H,8-15H2,1-7H3;16-19,21-26,30-31H,7-15H2,1-6H3/t16-,18?,19+,20?,21?,22?,24-,25+,26+,27+,28+,29-,30+,31+,32-,34+,35+;2*17-,18-,19-,20?,21+,22?,23?,24?,26+,27+,28+,29+;17-,18-,19?,21?,22+,23?,24?,25+,26+,27-,28+/m0000/s1. The van der Waals surface area contributed by atoms with Crippen molar-refractivity contribution in [3.8, 4) is 0 Å². The number of aliphatic hydroxyl groups is 13. The molecule has 16 aliphatic carbocycles. The van der Waals surface area contributed by atoms with Crippen LogP contribution in [0.5, 0.6) is 0 Å². The zero-order valence-corrected chi connectivity index (χ0v) is 92.4. The van der Waals surface area contributed by atoms with Crippen LogP contribution in [-0.4, -0.2) is 188 Å². The van der Waals surface area contributed by atoms with E-state index in [1.165, 1.54) is 103 Å². The van der Waals surface area contributed by atoms with Crippen LogP contribution in [0.15, 0.2) is 12.2 Å². The van der Waals surface area contributed by atoms with Gasteiger partial charge in [-0.3, -0.25) is 19.2 Å². The molecule has 19 heteroatoms. The van der Waals surface area contributed by atoms with Crippen LogP contribution < -0.4 is 0 Å². The minimum absolute atomic E-state index is 0.0923. The molecule has 0 bridgehead atoms. The molecule has 0 spiro atoms. The molecule has 0 aromatic carbocycles. The fourth-order valence-corrected chi connectivity index (χ4v) is 38.6. The summed E-state index contributed by atoms with van der Waals surface area (Å²) >= 11 is 0. The van der Waals surface area contributed by atoms with Crippen LogP contribution in [0.2, 0.25) is 0 Å². The summed E-state index contributed by atoms with van der Waals surface area (Å²) in [5.41, 5.74) is 1.10. The molecule has 0 radical (unpaired) electrons. The predicted octanol–water partition coefficient (Wildman–Crippen LogP) is 20.0. The number of ether oxygens (including phenoxy) is 2. The maximum atomic E-state index is 13.6. The molecule has 1 heterocycles. The highest BCUT2D eigenvalue weighted by Gasteiger charge is 2.70. The van der Waals surface area contributed by atoms with Crippen molar-refractivity contribution in [1.82, 2.24) is 0 Å². The van der Waals surface area contributed by atoms with Crippen LogP contribution in [0.25, 0.3) is 0 Å². The van der Waals surface area contributed by atoms with E-state index in [0.717, 1.165) is 101 Å². The van der Waals surface area contributed by atoms with Gasteiger partial charge in [0.25, 0.3) is 0 Å². The molecule has 140 heavy (non-hydrogen) atoms. The Hall–Kier alpha value is -2.18. The van der Waals surface area contributed by atoms with Gasteiger partial charge in [0.2, 0.25) is 0 Å². The van der Waals surface area contributed by atoms with Gasteiger partial charge < -0.3 is 75.9 Å². The van der Waals surface area contributed by atoms with Gasteiger partial charge in [0.1, 0.15) is 53.7 Å². The van der Waals surface area contributed by atoms with E-state index in [-0.39, 0.29) is 109 Å². The topological polar surface area (TPSA) is 350 Å². The molecule has 1 aliphatic heterocycles. The largest absolute Gasteiger partial charge is 0.394 e. The summed E-state index contributed by atoms with van der Waals surface area (Å²) < 4.78 is 11.9. The molecule has 52 atom stereocenters. The number of carbonyl (C=O) groups excluding carboxylic acids is 4. The van der Waals surface area contributed by atoms with Crippen molar-refractivity contribution in [2.45, 2.75) is 477 Å². The van der Waals surface area contributed by atoms with Crippen molar-refractivity contribution in [3.63, 3.8) is 0 Å². The number of hydrogen-bond donors (Lipinski definition) is 13. The van der Waals surface area contributed by atoms with Crippen LogP contribution in [0.3, 0.4) is 0 Å². The summed E-state index contributed by atoms with van der Waals surface area (Å²) in [5.74, 6) is 13.9. The number of carbonyl (C=O) groups is 4. The minimum Gasteiger partial charge on any atom is -0.394 e. The van der Waals surface area contributed by atoms with Crippen molar-refractivity contribution in [2.75, 3.05) is 6.61 Å². The maximum absolute atomic E-state index is 13.6. The van der Waals surface area contributed by atoms with Gasteiger partial charge in [-0.2, -0.15) is 0 Å². The third-order valence-electron chi connectivity index (χ3n) is 49.0. The molecule has 17 rings (SSSR count). The lowest BCUT2D eigenvalue weighted by Gasteiger charge is -2.61. The highest BCUT2D eigenvalue weighted by Crippen LogP contribution is 2.74. The zero-order chi connectivity index (χ0) is 103. The Balaban J connectivity index is 0.000000151. The fraction of sp³-hybridized carbons (Fsp3) is 0.950. The molecule has 16 unspecified atom stereocenters. The number of ketones is 4. The van der Waals surface area contributed by atoms with Gasteiger partial charge in [0, 0.05) is 49.9 Å². The Morgan fingerprint density at radius 1 is 0.371 bits per heavy atom. The molecule has 17 aliphatic rings. The van der Waals surface area contributed by atoms with Crippen LogP contribution in [-0.2, 0) is 28.7 Å². The van der Waals surface area contributed by atoms with Crippen LogP contribution in [0.4, 0.5) is 0 Å². The summed E-state index contributed by atoms with van der Waals surface area (Å²) in [6, 6.07) is 0. The summed E-state index contributed by atoms with van der Waals surface area (Å²) in [7, 11) is 0. The molecular formula is C121H206O19. The van der Waals surface area contributed by atoms with E-state index >= 15 is 0 Å². The van der Waals surface area contributed by atoms with Crippen LogP contribution in [0.1, 0.15) is 385 Å². The van der Waals surface area contributed by atoms with E-state index in [1.54, 1.807) is 0 Å². The molecule has 0 aromatic heterocycles. The predicted molar refractivity (Wildman–Crippen MR) is 551 cm³/mol. The van der Waals surface area contributed by atoms with Gasteiger partial charge in [0.05, 0.1) is 61.5 Å². The molecule has 1 saturated heterocycles. The first-order valence-electron chi connectivity index (χ1n) is 58.1. The number of rotatable bonds is 22. The average Bonchev–Trinajstić information content (AvgIpc) is 1.62. The number of hydrogen-bond acceptors (Lipinski definition) is 19.